The standard InChI is InChI=1S/C15H21BrN2S2/c1-9(17-8-11-6-7-12(16)19-11)13-10(2)18-14(20-13)15(3,4)5/h6-7,9,17H,8H2,1-5H3. The van der Waals surface area contributed by atoms with Crippen molar-refractivity contribution >= 4 is 38.6 Å². The van der Waals surface area contributed by atoms with Gasteiger partial charge in [0, 0.05) is 27.8 Å². The second-order valence-electron chi connectivity index (χ2n) is 6.03. The average molecular weight is 373 g/mol. The van der Waals surface area contributed by atoms with Crippen molar-refractivity contribution in [2.24, 2.45) is 0 Å². The molecule has 1 unspecified atom stereocenters. The van der Waals surface area contributed by atoms with Crippen LogP contribution in [0.3, 0.4) is 0 Å². The zero-order valence-electron chi connectivity index (χ0n) is 12.6. The lowest BCUT2D eigenvalue weighted by Crippen LogP contribution is -2.17. The highest BCUT2D eigenvalue weighted by Crippen LogP contribution is 2.32. The monoisotopic (exact) mass is 372 g/mol. The highest BCUT2D eigenvalue weighted by atomic mass is 79.9. The lowest BCUT2D eigenvalue weighted by Gasteiger charge is -2.14. The molecule has 0 saturated heterocycles. The number of thiophene rings is 1. The van der Waals surface area contributed by atoms with Crippen molar-refractivity contribution in [3.8, 4) is 0 Å². The maximum Gasteiger partial charge on any atom is 0.0985 e. The summed E-state index contributed by atoms with van der Waals surface area (Å²) in [7, 11) is 0. The molecule has 1 N–H and O–H groups in total. The number of aromatic nitrogens is 1. The Bertz CT molecular complexity index is 581. The van der Waals surface area contributed by atoms with E-state index in [1.165, 1.54) is 18.5 Å². The van der Waals surface area contributed by atoms with Crippen LogP contribution in [0.4, 0.5) is 0 Å². The molecule has 0 amide bonds. The number of rotatable bonds is 4. The van der Waals surface area contributed by atoms with Gasteiger partial charge in [-0.2, -0.15) is 0 Å². The van der Waals surface area contributed by atoms with E-state index in [2.05, 4.69) is 68.0 Å². The number of nitrogens with zero attached hydrogens (tertiary/aromatic N) is 1. The largest absolute Gasteiger partial charge is 0.304 e. The average Bonchev–Trinajstić information content (AvgIpc) is 2.92. The van der Waals surface area contributed by atoms with Gasteiger partial charge in [-0.05, 0) is 41.9 Å². The van der Waals surface area contributed by atoms with Crippen LogP contribution in [0, 0.1) is 6.92 Å². The fraction of sp³-hybridized carbons (Fsp3) is 0.533. The third-order valence-electron chi connectivity index (χ3n) is 3.08. The molecule has 0 fully saturated rings. The van der Waals surface area contributed by atoms with E-state index in [4.69, 9.17) is 4.98 Å². The van der Waals surface area contributed by atoms with Crippen LogP contribution in [0.1, 0.15) is 54.2 Å². The van der Waals surface area contributed by atoms with Crippen LogP contribution >= 0.6 is 38.6 Å². The summed E-state index contributed by atoms with van der Waals surface area (Å²) in [6.45, 7) is 11.9. The Hall–Kier alpha value is -0.230. The third-order valence-corrected chi connectivity index (χ3v) is 6.47. The quantitative estimate of drug-likeness (QED) is 0.774. The van der Waals surface area contributed by atoms with Crippen molar-refractivity contribution in [1.29, 1.82) is 0 Å². The van der Waals surface area contributed by atoms with E-state index in [0.29, 0.717) is 6.04 Å². The molecule has 2 heterocycles. The molecular weight excluding hydrogens is 352 g/mol. The Morgan fingerprint density at radius 1 is 1.30 bits per heavy atom. The van der Waals surface area contributed by atoms with Gasteiger partial charge in [0.15, 0.2) is 0 Å². The zero-order valence-corrected chi connectivity index (χ0v) is 15.8. The molecule has 2 rings (SSSR count). The Labute approximate surface area is 137 Å². The van der Waals surface area contributed by atoms with Crippen LogP contribution in [-0.4, -0.2) is 4.98 Å². The molecule has 0 bridgehead atoms. The molecule has 0 aliphatic carbocycles. The maximum atomic E-state index is 4.74. The summed E-state index contributed by atoms with van der Waals surface area (Å²) in [6, 6.07) is 4.60. The fourth-order valence-corrected chi connectivity index (χ4v) is 4.51. The van der Waals surface area contributed by atoms with Crippen molar-refractivity contribution in [3.63, 3.8) is 0 Å². The Balaban J connectivity index is 2.05. The van der Waals surface area contributed by atoms with E-state index in [-0.39, 0.29) is 5.41 Å². The summed E-state index contributed by atoms with van der Waals surface area (Å²) in [5.41, 5.74) is 1.29. The SMILES string of the molecule is Cc1nc(C(C)(C)C)sc1C(C)NCc1ccc(Br)s1. The second kappa shape index (κ2) is 6.26. The minimum absolute atomic E-state index is 0.131. The minimum Gasteiger partial charge on any atom is -0.304 e. The van der Waals surface area contributed by atoms with Crippen LogP contribution in [0.25, 0.3) is 0 Å². The molecule has 0 spiro atoms. The minimum atomic E-state index is 0.131. The van der Waals surface area contributed by atoms with Crippen LogP contribution < -0.4 is 5.32 Å². The topological polar surface area (TPSA) is 24.9 Å². The first-order chi connectivity index (χ1) is 9.27. The van der Waals surface area contributed by atoms with Gasteiger partial charge in [-0.15, -0.1) is 22.7 Å². The Morgan fingerprint density at radius 2 is 2.00 bits per heavy atom. The van der Waals surface area contributed by atoms with Gasteiger partial charge in [-0.1, -0.05) is 20.8 Å². The van der Waals surface area contributed by atoms with E-state index in [1.807, 2.05) is 11.3 Å². The highest BCUT2D eigenvalue weighted by Gasteiger charge is 2.22. The van der Waals surface area contributed by atoms with Gasteiger partial charge in [-0.3, -0.25) is 0 Å². The lowest BCUT2D eigenvalue weighted by molar-refractivity contribution is 0.580. The normalized spacial score (nSPS) is 13.7. The number of thiazole rings is 1. The summed E-state index contributed by atoms with van der Waals surface area (Å²) in [5.74, 6) is 0. The summed E-state index contributed by atoms with van der Waals surface area (Å²) < 4.78 is 1.19. The van der Waals surface area contributed by atoms with E-state index in [9.17, 15) is 0 Å². The summed E-state index contributed by atoms with van der Waals surface area (Å²) in [6.07, 6.45) is 0. The van der Waals surface area contributed by atoms with Crippen molar-refractivity contribution in [2.45, 2.75) is 52.6 Å². The van der Waals surface area contributed by atoms with E-state index >= 15 is 0 Å². The first kappa shape index (κ1) is 16.1. The first-order valence-corrected chi connectivity index (χ1v) is 9.15. The van der Waals surface area contributed by atoms with Crippen molar-refractivity contribution in [3.05, 3.63) is 36.4 Å². The Kier molecular flexibility index (Phi) is 5.05. The van der Waals surface area contributed by atoms with Gasteiger partial charge < -0.3 is 5.32 Å². The molecule has 0 saturated carbocycles. The van der Waals surface area contributed by atoms with E-state index in [1.54, 1.807) is 11.3 Å². The molecule has 0 aromatic carbocycles. The third kappa shape index (κ3) is 3.91. The molecule has 0 radical (unpaired) electrons. The van der Waals surface area contributed by atoms with Gasteiger partial charge in [0.1, 0.15) is 0 Å². The Morgan fingerprint density at radius 3 is 2.50 bits per heavy atom. The van der Waals surface area contributed by atoms with Gasteiger partial charge in [0.2, 0.25) is 0 Å². The second-order valence-corrected chi connectivity index (χ2v) is 9.61. The predicted molar refractivity (Wildman–Crippen MR) is 92.8 cm³/mol. The smallest absolute Gasteiger partial charge is 0.0985 e. The number of hydrogen-bond acceptors (Lipinski definition) is 4. The molecule has 110 valence electrons. The van der Waals surface area contributed by atoms with Crippen molar-refractivity contribution in [2.75, 3.05) is 0 Å². The molecular formula is C15H21BrN2S2. The first-order valence-electron chi connectivity index (χ1n) is 6.73. The number of hydrogen-bond donors (Lipinski definition) is 1. The number of halogens is 1. The van der Waals surface area contributed by atoms with Gasteiger partial charge in [0.05, 0.1) is 14.5 Å². The van der Waals surface area contributed by atoms with Crippen LogP contribution in [0.2, 0.25) is 0 Å². The summed E-state index contributed by atoms with van der Waals surface area (Å²) in [5, 5.41) is 4.81. The lowest BCUT2D eigenvalue weighted by atomic mass is 9.98. The van der Waals surface area contributed by atoms with Crippen LogP contribution in [0.5, 0.6) is 0 Å². The summed E-state index contributed by atoms with van der Waals surface area (Å²) >= 11 is 7.12. The van der Waals surface area contributed by atoms with E-state index < -0.39 is 0 Å². The van der Waals surface area contributed by atoms with Crippen LogP contribution in [0.15, 0.2) is 15.9 Å². The molecule has 5 heteroatoms. The maximum absolute atomic E-state index is 4.74. The zero-order chi connectivity index (χ0) is 14.9. The van der Waals surface area contributed by atoms with Gasteiger partial charge in [0.25, 0.3) is 0 Å². The molecule has 2 aromatic heterocycles. The van der Waals surface area contributed by atoms with Gasteiger partial charge >= 0.3 is 0 Å². The predicted octanol–water partition coefficient (Wildman–Crippen LogP) is 5.42. The van der Waals surface area contributed by atoms with Gasteiger partial charge in [-0.25, -0.2) is 4.98 Å². The van der Waals surface area contributed by atoms with E-state index in [0.717, 1.165) is 12.2 Å². The highest BCUT2D eigenvalue weighted by molar-refractivity contribution is 9.11. The molecule has 2 aromatic rings. The number of aryl methyl sites for hydroxylation is 1. The molecule has 0 aliphatic heterocycles. The molecule has 2 nitrogen and oxygen atoms in total. The molecule has 0 aliphatic rings. The van der Waals surface area contributed by atoms with Crippen molar-refractivity contribution < 1.29 is 0 Å². The molecule has 1 atom stereocenters. The fourth-order valence-electron chi connectivity index (χ4n) is 1.92. The molecule has 20 heavy (non-hydrogen) atoms. The summed E-state index contributed by atoms with van der Waals surface area (Å²) in [4.78, 5) is 7.44. The van der Waals surface area contributed by atoms with Crippen LogP contribution in [-0.2, 0) is 12.0 Å². The van der Waals surface area contributed by atoms with Crippen molar-refractivity contribution in [1.82, 2.24) is 10.3 Å². The number of nitrogens with one attached hydrogen (secondary N) is 1.